The molecule has 0 saturated heterocycles. The van der Waals surface area contributed by atoms with E-state index in [1.165, 1.54) is 19.1 Å². The van der Waals surface area contributed by atoms with E-state index >= 15 is 0 Å². The topological polar surface area (TPSA) is 147 Å². The second-order valence-electron chi connectivity index (χ2n) is 12.1. The summed E-state index contributed by atoms with van der Waals surface area (Å²) in [7, 11) is 1.91. The fraction of sp³-hybridized carbons (Fsp3) is 0.270. The van der Waals surface area contributed by atoms with Gasteiger partial charge in [0.15, 0.2) is 18.1 Å². The molecule has 3 aromatic carbocycles. The number of nitro benzene ring substituents is 1. The van der Waals surface area contributed by atoms with E-state index in [1.54, 1.807) is 29.7 Å². The normalized spacial score (nSPS) is 13.1. The first kappa shape index (κ1) is 37.6. The molecule has 4 aromatic rings. The molecule has 0 aliphatic carbocycles. The molecule has 0 atom stereocenters. The highest BCUT2D eigenvalue weighted by Gasteiger charge is 2.43. The van der Waals surface area contributed by atoms with E-state index in [9.17, 15) is 29.3 Å². The summed E-state index contributed by atoms with van der Waals surface area (Å²) < 4.78 is 19.0. The van der Waals surface area contributed by atoms with Crippen molar-refractivity contribution >= 4 is 57.8 Å². The van der Waals surface area contributed by atoms with E-state index in [-0.39, 0.29) is 60.8 Å². The summed E-state index contributed by atoms with van der Waals surface area (Å²) in [5.74, 6) is -2.21. The summed E-state index contributed by atoms with van der Waals surface area (Å²) in [6.07, 6.45) is 3.80. The second-order valence-corrected chi connectivity index (χ2v) is 12.1. The van der Waals surface area contributed by atoms with Crippen molar-refractivity contribution < 1.29 is 66.9 Å². The standard InChI is InChI=1S/C37H36N3O9.HI/c1-6-47-34(43)22-49-36(44)25-12-15-31-29(18-25)37(3,4)32(38(31)5)17-14-27-28-19-26(40(45)46)13-16-30(28)39(20-33(42)48-21-23(2)41)35(27)24-10-8-7-9-11-24;/h7-19H,6,20-22H2,1-5H3;1H/q+1;/p-1. The van der Waals surface area contributed by atoms with Crippen LogP contribution in [0.5, 0.6) is 0 Å². The molecular weight excluding hydrogens is 757 g/mol. The van der Waals surface area contributed by atoms with Gasteiger partial charge in [-0.2, -0.15) is 4.58 Å². The molecule has 50 heavy (non-hydrogen) atoms. The molecule has 13 heteroatoms. The average molecular weight is 794 g/mol. The molecule has 0 radical (unpaired) electrons. The Kier molecular flexibility index (Phi) is 11.7. The van der Waals surface area contributed by atoms with Crippen LogP contribution in [0.3, 0.4) is 0 Å². The van der Waals surface area contributed by atoms with Gasteiger partial charge in [0.1, 0.15) is 20.2 Å². The molecule has 1 aliphatic heterocycles. The number of non-ortho nitro benzene ring substituents is 1. The van der Waals surface area contributed by atoms with E-state index < -0.39 is 34.9 Å². The van der Waals surface area contributed by atoms with Crippen LogP contribution in [0.15, 0.2) is 72.8 Å². The molecular formula is C37H36IN3O9. The molecule has 1 aliphatic rings. The second kappa shape index (κ2) is 15.6. The number of hydrogen-bond acceptors (Lipinski definition) is 9. The molecule has 0 unspecified atom stereocenters. The minimum absolute atomic E-state index is 0. The van der Waals surface area contributed by atoms with Gasteiger partial charge in [-0.25, -0.2) is 9.59 Å². The fourth-order valence-corrected chi connectivity index (χ4v) is 6.12. The van der Waals surface area contributed by atoms with Gasteiger partial charge < -0.3 is 42.8 Å². The Morgan fingerprint density at radius 1 is 0.920 bits per heavy atom. The first-order valence-corrected chi connectivity index (χ1v) is 15.6. The number of ether oxygens (including phenoxy) is 3. The van der Waals surface area contributed by atoms with E-state index in [2.05, 4.69) is 0 Å². The first-order valence-electron chi connectivity index (χ1n) is 15.6. The van der Waals surface area contributed by atoms with Crippen LogP contribution in [0.1, 0.15) is 49.2 Å². The predicted molar refractivity (Wildman–Crippen MR) is 182 cm³/mol. The van der Waals surface area contributed by atoms with Crippen LogP contribution >= 0.6 is 0 Å². The van der Waals surface area contributed by atoms with Gasteiger partial charge in [-0.3, -0.25) is 19.7 Å². The summed E-state index contributed by atoms with van der Waals surface area (Å²) in [4.78, 5) is 60.3. The number of benzene rings is 3. The highest BCUT2D eigenvalue weighted by molar-refractivity contribution is 6.08. The molecule has 0 amide bonds. The molecule has 0 spiro atoms. The maximum atomic E-state index is 12.9. The molecule has 0 N–H and O–H groups in total. The Labute approximate surface area is 305 Å². The van der Waals surface area contributed by atoms with Crippen molar-refractivity contribution in [2.24, 2.45) is 0 Å². The van der Waals surface area contributed by atoms with E-state index in [0.717, 1.165) is 22.5 Å². The molecule has 1 aromatic heterocycles. The number of esters is 3. The monoisotopic (exact) mass is 793 g/mol. The number of rotatable bonds is 12. The zero-order valence-corrected chi connectivity index (χ0v) is 30.4. The average Bonchev–Trinajstić information content (AvgIpc) is 3.47. The molecule has 12 nitrogen and oxygen atoms in total. The van der Waals surface area contributed by atoms with Crippen molar-refractivity contribution in [2.75, 3.05) is 26.9 Å². The van der Waals surface area contributed by atoms with Crippen LogP contribution in [-0.4, -0.2) is 70.3 Å². The number of ketones is 1. The Morgan fingerprint density at radius 3 is 2.30 bits per heavy atom. The number of halogens is 1. The number of aromatic nitrogens is 1. The molecule has 0 bridgehead atoms. The predicted octanol–water partition coefficient (Wildman–Crippen LogP) is 2.79. The van der Waals surface area contributed by atoms with Crippen molar-refractivity contribution in [3.8, 4) is 11.3 Å². The van der Waals surface area contributed by atoms with Crippen LogP contribution in [0, 0.1) is 10.1 Å². The van der Waals surface area contributed by atoms with Gasteiger partial charge in [-0.05, 0) is 57.5 Å². The summed E-state index contributed by atoms with van der Waals surface area (Å²) >= 11 is 0. The summed E-state index contributed by atoms with van der Waals surface area (Å²) in [5.41, 5.74) is 4.76. The van der Waals surface area contributed by atoms with Crippen LogP contribution in [0.4, 0.5) is 11.4 Å². The Hall–Kier alpha value is -5.18. The zero-order valence-electron chi connectivity index (χ0n) is 28.2. The van der Waals surface area contributed by atoms with Gasteiger partial charge in [-0.1, -0.05) is 30.3 Å². The van der Waals surface area contributed by atoms with Gasteiger partial charge in [0, 0.05) is 40.8 Å². The molecule has 5 rings (SSSR count). The minimum atomic E-state index is -0.651. The van der Waals surface area contributed by atoms with Crippen LogP contribution < -0.4 is 24.0 Å². The third-order valence-corrected chi connectivity index (χ3v) is 8.37. The molecule has 2 heterocycles. The van der Waals surface area contributed by atoms with Crippen molar-refractivity contribution in [3.63, 3.8) is 0 Å². The highest BCUT2D eigenvalue weighted by Crippen LogP contribution is 2.41. The largest absolute Gasteiger partial charge is 1.00 e. The maximum absolute atomic E-state index is 12.9. The third kappa shape index (κ3) is 7.67. The lowest BCUT2D eigenvalue weighted by atomic mass is 9.80. The van der Waals surface area contributed by atoms with Crippen LogP contribution in [0.2, 0.25) is 0 Å². The lowest BCUT2D eigenvalue weighted by Crippen LogP contribution is -3.00. The van der Waals surface area contributed by atoms with Gasteiger partial charge in [0.25, 0.3) is 5.69 Å². The van der Waals surface area contributed by atoms with Crippen molar-refractivity contribution in [3.05, 3.63) is 99.6 Å². The number of hydrogen-bond donors (Lipinski definition) is 0. The number of carbonyl (C=O) groups is 4. The molecule has 0 fully saturated rings. The molecule has 0 saturated carbocycles. The summed E-state index contributed by atoms with van der Waals surface area (Å²) in [5, 5.41) is 12.4. The van der Waals surface area contributed by atoms with Gasteiger partial charge in [-0.15, -0.1) is 0 Å². The number of nitro groups is 1. The van der Waals surface area contributed by atoms with Gasteiger partial charge in [0.05, 0.1) is 33.7 Å². The Morgan fingerprint density at radius 2 is 1.64 bits per heavy atom. The SMILES string of the molecule is CCOC(=O)COC(=O)c1ccc2c(c1)C(C)(C)C(C=Cc1c(-c3ccccc3)n(CC(=O)OCC(C)=O)c3ccc([N+](=O)[O-])cc13)=[N+]2C.[I-]. The number of carbonyl (C=O) groups excluding carboxylic acids is 4. The quantitative estimate of drug-likeness (QED) is 0.0528. The summed E-state index contributed by atoms with van der Waals surface area (Å²) in [6, 6.07) is 19.0. The lowest BCUT2D eigenvalue weighted by molar-refractivity contribution is -0.401. The first-order chi connectivity index (χ1) is 23.3. The number of nitrogens with zero attached hydrogens (tertiary/aromatic N) is 3. The van der Waals surface area contributed by atoms with E-state index in [4.69, 9.17) is 14.2 Å². The third-order valence-electron chi connectivity index (χ3n) is 8.37. The molecule has 260 valence electrons. The smallest absolute Gasteiger partial charge is 0.344 e. The van der Waals surface area contributed by atoms with Crippen LogP contribution in [-0.2, 0) is 40.6 Å². The van der Waals surface area contributed by atoms with Crippen molar-refractivity contribution in [1.29, 1.82) is 0 Å². The van der Waals surface area contributed by atoms with Gasteiger partial charge >= 0.3 is 17.9 Å². The number of Topliss-reactive ketones (excluding diaryl/α,β-unsaturated/α-hetero) is 1. The fourth-order valence-electron chi connectivity index (χ4n) is 6.12. The number of allylic oxidation sites excluding steroid dienone is 1. The van der Waals surface area contributed by atoms with Crippen molar-refractivity contribution in [1.82, 2.24) is 4.57 Å². The summed E-state index contributed by atoms with van der Waals surface area (Å²) in [6.45, 7) is 6.12. The Balaban J connectivity index is 0.00000562. The maximum Gasteiger partial charge on any atom is 0.344 e. The minimum Gasteiger partial charge on any atom is -1.00 e. The van der Waals surface area contributed by atoms with Crippen molar-refractivity contribution in [2.45, 2.75) is 39.7 Å². The zero-order chi connectivity index (χ0) is 35.5. The van der Waals surface area contributed by atoms with E-state index in [1.807, 2.05) is 74.0 Å². The highest BCUT2D eigenvalue weighted by atomic mass is 127. The Bertz CT molecular complexity index is 2060. The lowest BCUT2D eigenvalue weighted by Gasteiger charge is -2.16. The van der Waals surface area contributed by atoms with Crippen LogP contribution in [0.25, 0.3) is 28.2 Å². The van der Waals surface area contributed by atoms with Gasteiger partial charge in [0.2, 0.25) is 5.69 Å². The number of fused-ring (bicyclic) bond motifs is 2. The van der Waals surface area contributed by atoms with E-state index in [0.29, 0.717) is 22.2 Å².